The molecule has 0 radical (unpaired) electrons. The predicted molar refractivity (Wildman–Crippen MR) is 55.5 cm³/mol. The van der Waals surface area contributed by atoms with E-state index in [2.05, 4.69) is 6.58 Å². The number of halogens is 1. The fraction of sp³-hybridized carbons (Fsp3) is 0. The molecule has 0 spiro atoms. The Bertz CT molecular complexity index is 494. The molecule has 2 rings (SSSR count). The second kappa shape index (κ2) is 3.50. The molecule has 14 heavy (non-hydrogen) atoms. The smallest absolute Gasteiger partial charge is 0.133 e. The van der Waals surface area contributed by atoms with E-state index in [1.165, 1.54) is 6.08 Å². The van der Waals surface area contributed by atoms with Crippen molar-refractivity contribution in [1.29, 1.82) is 0 Å². The molecule has 1 aromatic heterocycles. The van der Waals surface area contributed by atoms with E-state index in [9.17, 15) is 4.39 Å². The monoisotopic (exact) mass is 188 g/mol. The number of furan rings is 1. The number of allylic oxidation sites excluding steroid dienone is 2. The van der Waals surface area contributed by atoms with Gasteiger partial charge >= 0.3 is 0 Å². The van der Waals surface area contributed by atoms with Crippen LogP contribution in [-0.2, 0) is 0 Å². The minimum absolute atomic E-state index is 0.447. The van der Waals surface area contributed by atoms with Crippen LogP contribution in [0, 0.1) is 0 Å². The summed E-state index contributed by atoms with van der Waals surface area (Å²) in [6, 6.07) is 7.52. The summed E-state index contributed by atoms with van der Waals surface area (Å²) in [5.74, 6) is -0.447. The molecule has 70 valence electrons. The van der Waals surface area contributed by atoms with Gasteiger partial charge in [0.15, 0.2) is 0 Å². The van der Waals surface area contributed by atoms with Crippen LogP contribution in [0.15, 0.2) is 53.4 Å². The molecule has 1 aromatic carbocycles. The zero-order chi connectivity index (χ0) is 9.97. The Labute approximate surface area is 81.2 Å². The highest BCUT2D eigenvalue weighted by Crippen LogP contribution is 2.18. The van der Waals surface area contributed by atoms with Gasteiger partial charge in [0.2, 0.25) is 0 Å². The van der Waals surface area contributed by atoms with Crippen molar-refractivity contribution in [1.82, 2.24) is 0 Å². The van der Waals surface area contributed by atoms with Gasteiger partial charge in [-0.15, -0.1) is 0 Å². The molecule has 1 nitrogen and oxygen atoms in total. The van der Waals surface area contributed by atoms with Crippen molar-refractivity contribution in [2.75, 3.05) is 0 Å². The molecule has 0 unspecified atom stereocenters. The average Bonchev–Trinajstić information content (AvgIpc) is 2.61. The Balaban J connectivity index is 2.39. The maximum Gasteiger partial charge on any atom is 0.133 e. The van der Waals surface area contributed by atoms with Gasteiger partial charge in [-0.2, -0.15) is 0 Å². The summed E-state index contributed by atoms with van der Waals surface area (Å²) < 4.78 is 17.5. The molecule has 2 heteroatoms. The average molecular weight is 188 g/mol. The number of rotatable bonds is 2. The molecule has 0 atom stereocenters. The van der Waals surface area contributed by atoms with Crippen LogP contribution in [0.4, 0.5) is 4.39 Å². The Morgan fingerprint density at radius 3 is 3.00 bits per heavy atom. The van der Waals surface area contributed by atoms with Crippen molar-refractivity contribution in [3.05, 3.63) is 54.6 Å². The van der Waals surface area contributed by atoms with Gasteiger partial charge in [0.1, 0.15) is 11.4 Å². The van der Waals surface area contributed by atoms with E-state index in [1.807, 2.05) is 24.3 Å². The molecule has 0 bridgehead atoms. The van der Waals surface area contributed by atoms with Crippen LogP contribution in [-0.4, -0.2) is 0 Å². The largest absolute Gasteiger partial charge is 0.464 e. The minimum Gasteiger partial charge on any atom is -0.464 e. The summed E-state index contributed by atoms with van der Waals surface area (Å²) in [5, 5.41) is 1.01. The van der Waals surface area contributed by atoms with Gasteiger partial charge in [-0.1, -0.05) is 18.7 Å². The van der Waals surface area contributed by atoms with Gasteiger partial charge in [-0.05, 0) is 29.8 Å². The summed E-state index contributed by atoms with van der Waals surface area (Å²) in [5.41, 5.74) is 1.76. The molecule has 0 N–H and O–H groups in total. The highest BCUT2D eigenvalue weighted by Gasteiger charge is 1.95. The summed E-state index contributed by atoms with van der Waals surface area (Å²) in [6.07, 6.45) is 4.64. The lowest BCUT2D eigenvalue weighted by Gasteiger charge is -1.92. The third-order valence-corrected chi connectivity index (χ3v) is 1.93. The highest BCUT2D eigenvalue weighted by atomic mass is 19.1. The van der Waals surface area contributed by atoms with E-state index in [0.717, 1.165) is 16.5 Å². The predicted octanol–water partition coefficient (Wildman–Crippen LogP) is 3.93. The number of fused-ring (bicyclic) bond motifs is 1. The molecule has 1 heterocycles. The molecule has 0 aliphatic carbocycles. The first-order chi connectivity index (χ1) is 6.75. The van der Waals surface area contributed by atoms with Crippen molar-refractivity contribution in [3.63, 3.8) is 0 Å². The number of hydrogen-bond acceptors (Lipinski definition) is 1. The van der Waals surface area contributed by atoms with E-state index in [-0.39, 0.29) is 0 Å². The fourth-order valence-corrected chi connectivity index (χ4v) is 1.28. The van der Waals surface area contributed by atoms with Gasteiger partial charge in [0.25, 0.3) is 0 Å². The van der Waals surface area contributed by atoms with Gasteiger partial charge in [0, 0.05) is 5.39 Å². The van der Waals surface area contributed by atoms with Crippen LogP contribution >= 0.6 is 0 Å². The molecule has 0 saturated heterocycles. The number of hydrogen-bond donors (Lipinski definition) is 0. The first kappa shape index (κ1) is 8.75. The van der Waals surface area contributed by atoms with Crippen molar-refractivity contribution < 1.29 is 8.81 Å². The van der Waals surface area contributed by atoms with E-state index < -0.39 is 5.83 Å². The Kier molecular flexibility index (Phi) is 2.19. The van der Waals surface area contributed by atoms with Gasteiger partial charge in [-0.3, -0.25) is 0 Å². The Morgan fingerprint density at radius 2 is 2.21 bits per heavy atom. The lowest BCUT2D eigenvalue weighted by Crippen LogP contribution is -1.71. The topological polar surface area (TPSA) is 13.1 Å². The van der Waals surface area contributed by atoms with Crippen molar-refractivity contribution in [3.8, 4) is 0 Å². The van der Waals surface area contributed by atoms with Crippen LogP contribution < -0.4 is 0 Å². The molecule has 0 amide bonds. The summed E-state index contributed by atoms with van der Waals surface area (Å²) in [4.78, 5) is 0. The number of benzene rings is 1. The normalized spacial score (nSPS) is 11.2. The maximum atomic E-state index is 12.3. The Hall–Kier alpha value is -1.83. The van der Waals surface area contributed by atoms with Gasteiger partial charge in [-0.25, -0.2) is 4.39 Å². The second-order valence-electron chi connectivity index (χ2n) is 3.00. The second-order valence-corrected chi connectivity index (χ2v) is 3.00. The lowest BCUT2D eigenvalue weighted by atomic mass is 10.1. The van der Waals surface area contributed by atoms with E-state index >= 15 is 0 Å². The molecular weight excluding hydrogens is 179 g/mol. The van der Waals surface area contributed by atoms with Gasteiger partial charge in [0.05, 0.1) is 6.26 Å². The Morgan fingerprint density at radius 1 is 1.36 bits per heavy atom. The van der Waals surface area contributed by atoms with E-state index in [1.54, 1.807) is 12.3 Å². The zero-order valence-electron chi connectivity index (χ0n) is 7.53. The summed E-state index contributed by atoms with van der Waals surface area (Å²) in [6.45, 7) is 3.15. The van der Waals surface area contributed by atoms with Gasteiger partial charge < -0.3 is 4.42 Å². The molecule has 0 fully saturated rings. The quantitative estimate of drug-likeness (QED) is 0.651. The molecule has 2 aromatic rings. The molecule has 0 aliphatic heterocycles. The van der Waals surface area contributed by atoms with E-state index in [4.69, 9.17) is 4.42 Å². The molecule has 0 aliphatic rings. The zero-order valence-corrected chi connectivity index (χ0v) is 7.53. The highest BCUT2D eigenvalue weighted by molar-refractivity contribution is 5.80. The van der Waals surface area contributed by atoms with E-state index in [0.29, 0.717) is 0 Å². The third-order valence-electron chi connectivity index (χ3n) is 1.93. The summed E-state index contributed by atoms with van der Waals surface area (Å²) in [7, 11) is 0. The fourth-order valence-electron chi connectivity index (χ4n) is 1.28. The standard InChI is InChI=1S/C12H9FO/c1-9(13)2-3-10-4-5-12-11(8-10)6-7-14-12/h2-8H,1H2/b3-2+. The van der Waals surface area contributed by atoms with Crippen LogP contribution in [0.5, 0.6) is 0 Å². The van der Waals surface area contributed by atoms with Crippen molar-refractivity contribution >= 4 is 17.0 Å². The van der Waals surface area contributed by atoms with Crippen LogP contribution in [0.1, 0.15) is 5.56 Å². The first-order valence-electron chi connectivity index (χ1n) is 4.25. The van der Waals surface area contributed by atoms with Crippen molar-refractivity contribution in [2.45, 2.75) is 0 Å². The van der Waals surface area contributed by atoms with Crippen LogP contribution in [0.2, 0.25) is 0 Å². The maximum absolute atomic E-state index is 12.3. The lowest BCUT2D eigenvalue weighted by molar-refractivity contribution is 0.616. The van der Waals surface area contributed by atoms with Crippen molar-refractivity contribution in [2.24, 2.45) is 0 Å². The first-order valence-corrected chi connectivity index (χ1v) is 4.25. The summed E-state index contributed by atoms with van der Waals surface area (Å²) >= 11 is 0. The van der Waals surface area contributed by atoms with Crippen LogP contribution in [0.3, 0.4) is 0 Å². The molecule has 0 saturated carbocycles. The minimum atomic E-state index is -0.447. The third kappa shape index (κ3) is 1.74. The van der Waals surface area contributed by atoms with Crippen LogP contribution in [0.25, 0.3) is 17.0 Å². The molecular formula is C12H9FO. The SMILES string of the molecule is C=C(F)/C=C/c1ccc2occc2c1.